The lowest BCUT2D eigenvalue weighted by atomic mass is 9.87. The molecule has 0 heterocycles. The van der Waals surface area contributed by atoms with Crippen LogP contribution in [0.2, 0.25) is 0 Å². The van der Waals surface area contributed by atoms with E-state index in [1.807, 2.05) is 37.3 Å². The van der Waals surface area contributed by atoms with Gasteiger partial charge in [-0.2, -0.15) is 0 Å². The molecule has 1 fully saturated rings. The highest BCUT2D eigenvalue weighted by Crippen LogP contribution is 2.28. The molecule has 0 aliphatic heterocycles. The van der Waals surface area contributed by atoms with Gasteiger partial charge in [-0.05, 0) is 86.7 Å². The lowest BCUT2D eigenvalue weighted by Gasteiger charge is -2.26. The molecular weight excluding hydrogens is 496 g/mol. The standard InChI is InChI=1S/C31H34N2O6/c1-21(22-5-3-2-4-6-22)38-26-13-7-23(8-14-26)29(34)32-19-20-33-30(35)24-9-15-27(16-10-24)39-28-17-11-25(12-18-28)31(36)37/h2-10,13-16,21,25,28H,11-12,17-20H2,1H3,(H,32,34)(H,33,35)(H,36,37)/t21-,25?,28?/m1/s1. The van der Waals surface area contributed by atoms with Crippen LogP contribution in [-0.4, -0.2) is 42.1 Å². The average molecular weight is 531 g/mol. The Bertz CT molecular complexity index is 1240. The molecule has 8 heteroatoms. The van der Waals surface area contributed by atoms with E-state index in [0.29, 0.717) is 48.3 Å². The summed E-state index contributed by atoms with van der Waals surface area (Å²) >= 11 is 0. The molecule has 0 radical (unpaired) electrons. The predicted molar refractivity (Wildman–Crippen MR) is 147 cm³/mol. The van der Waals surface area contributed by atoms with E-state index in [0.717, 1.165) is 5.56 Å². The fourth-order valence-corrected chi connectivity index (χ4v) is 4.54. The number of carbonyl (C=O) groups is 3. The Morgan fingerprint density at radius 3 is 1.79 bits per heavy atom. The molecule has 204 valence electrons. The SMILES string of the molecule is C[C@@H](Oc1ccc(C(=O)NCCNC(=O)c2ccc(OC3CCC(C(=O)O)CC3)cc2)cc1)c1ccccc1. The van der Waals surface area contributed by atoms with Crippen molar-refractivity contribution in [2.24, 2.45) is 5.92 Å². The van der Waals surface area contributed by atoms with Gasteiger partial charge in [0.15, 0.2) is 0 Å². The van der Waals surface area contributed by atoms with E-state index in [2.05, 4.69) is 10.6 Å². The largest absolute Gasteiger partial charge is 0.490 e. The number of carboxylic acids is 1. The first kappa shape index (κ1) is 27.7. The number of ether oxygens (including phenoxy) is 2. The first-order valence-electron chi connectivity index (χ1n) is 13.3. The molecule has 1 saturated carbocycles. The molecule has 0 bridgehead atoms. The predicted octanol–water partition coefficient (Wildman–Crippen LogP) is 5.01. The summed E-state index contributed by atoms with van der Waals surface area (Å²) in [5.41, 5.74) is 2.07. The van der Waals surface area contributed by atoms with Crippen LogP contribution in [0.3, 0.4) is 0 Å². The van der Waals surface area contributed by atoms with Gasteiger partial charge in [-0.15, -0.1) is 0 Å². The molecule has 3 N–H and O–H groups in total. The summed E-state index contributed by atoms with van der Waals surface area (Å²) in [5, 5.41) is 14.7. The Labute approximate surface area is 228 Å². The zero-order valence-corrected chi connectivity index (χ0v) is 22.0. The summed E-state index contributed by atoms with van der Waals surface area (Å²) in [6, 6.07) is 23.7. The first-order valence-corrected chi connectivity index (χ1v) is 13.3. The van der Waals surface area contributed by atoms with Crippen LogP contribution < -0.4 is 20.1 Å². The van der Waals surface area contributed by atoms with E-state index >= 15 is 0 Å². The molecule has 3 aromatic carbocycles. The van der Waals surface area contributed by atoms with Gasteiger partial charge in [0.2, 0.25) is 0 Å². The maximum Gasteiger partial charge on any atom is 0.306 e. The molecule has 0 saturated heterocycles. The maximum absolute atomic E-state index is 12.5. The zero-order chi connectivity index (χ0) is 27.6. The van der Waals surface area contributed by atoms with E-state index in [9.17, 15) is 14.4 Å². The molecule has 1 aliphatic rings. The second-order valence-electron chi connectivity index (χ2n) is 9.66. The molecule has 39 heavy (non-hydrogen) atoms. The summed E-state index contributed by atoms with van der Waals surface area (Å²) < 4.78 is 11.9. The number of carboxylic acid groups (broad SMARTS) is 1. The minimum Gasteiger partial charge on any atom is -0.490 e. The van der Waals surface area contributed by atoms with Crippen LogP contribution in [0.4, 0.5) is 0 Å². The van der Waals surface area contributed by atoms with Crippen molar-refractivity contribution in [3.8, 4) is 11.5 Å². The monoisotopic (exact) mass is 530 g/mol. The first-order chi connectivity index (χ1) is 18.9. The number of carbonyl (C=O) groups excluding carboxylic acids is 2. The van der Waals surface area contributed by atoms with Gasteiger partial charge in [-0.25, -0.2) is 0 Å². The average Bonchev–Trinajstić information content (AvgIpc) is 2.96. The van der Waals surface area contributed by atoms with Gasteiger partial charge in [0, 0.05) is 24.2 Å². The number of amides is 2. The Hall–Kier alpha value is -4.33. The van der Waals surface area contributed by atoms with Crippen LogP contribution in [0, 0.1) is 5.92 Å². The summed E-state index contributed by atoms with van der Waals surface area (Å²) in [4.78, 5) is 36.0. The highest BCUT2D eigenvalue weighted by molar-refractivity contribution is 5.95. The van der Waals surface area contributed by atoms with Crippen LogP contribution in [0.25, 0.3) is 0 Å². The van der Waals surface area contributed by atoms with E-state index in [1.54, 1.807) is 48.5 Å². The van der Waals surface area contributed by atoms with Crippen LogP contribution in [0.1, 0.15) is 65.0 Å². The third kappa shape index (κ3) is 8.07. The van der Waals surface area contributed by atoms with Gasteiger partial charge in [0.1, 0.15) is 17.6 Å². The molecule has 3 aromatic rings. The number of hydrogen-bond donors (Lipinski definition) is 3. The van der Waals surface area contributed by atoms with Crippen LogP contribution in [0.15, 0.2) is 78.9 Å². The smallest absolute Gasteiger partial charge is 0.306 e. The van der Waals surface area contributed by atoms with Crippen molar-refractivity contribution in [3.05, 3.63) is 95.6 Å². The normalized spacial score (nSPS) is 17.5. The second kappa shape index (κ2) is 13.5. The number of hydrogen-bond acceptors (Lipinski definition) is 5. The lowest BCUT2D eigenvalue weighted by Crippen LogP contribution is -2.34. The summed E-state index contributed by atoms with van der Waals surface area (Å²) in [5.74, 6) is -0.162. The van der Waals surface area contributed by atoms with Gasteiger partial charge < -0.3 is 25.2 Å². The molecule has 0 spiro atoms. The summed E-state index contributed by atoms with van der Waals surface area (Å²) in [6.07, 6.45) is 2.52. The van der Waals surface area contributed by atoms with Crippen molar-refractivity contribution >= 4 is 17.8 Å². The zero-order valence-electron chi connectivity index (χ0n) is 22.0. The van der Waals surface area contributed by atoms with Gasteiger partial charge in [-0.1, -0.05) is 30.3 Å². The molecule has 2 amide bonds. The highest BCUT2D eigenvalue weighted by atomic mass is 16.5. The Kier molecular flexibility index (Phi) is 9.56. The van der Waals surface area contributed by atoms with E-state index in [-0.39, 0.29) is 43.0 Å². The Balaban J connectivity index is 1.15. The van der Waals surface area contributed by atoms with Gasteiger partial charge in [0.25, 0.3) is 11.8 Å². The topological polar surface area (TPSA) is 114 Å². The van der Waals surface area contributed by atoms with E-state index in [4.69, 9.17) is 14.6 Å². The molecule has 1 atom stereocenters. The van der Waals surface area contributed by atoms with Gasteiger partial charge in [0.05, 0.1) is 12.0 Å². The molecule has 1 aliphatic carbocycles. The van der Waals surface area contributed by atoms with Crippen molar-refractivity contribution < 1.29 is 29.0 Å². The second-order valence-corrected chi connectivity index (χ2v) is 9.66. The third-order valence-electron chi connectivity index (χ3n) is 6.84. The van der Waals surface area contributed by atoms with Crippen molar-refractivity contribution in [1.29, 1.82) is 0 Å². The fourth-order valence-electron chi connectivity index (χ4n) is 4.54. The van der Waals surface area contributed by atoms with Crippen LogP contribution in [0.5, 0.6) is 11.5 Å². The summed E-state index contributed by atoms with van der Waals surface area (Å²) in [7, 11) is 0. The minimum atomic E-state index is -0.739. The van der Waals surface area contributed by atoms with Crippen LogP contribution >= 0.6 is 0 Å². The minimum absolute atomic E-state index is 0.00883. The molecule has 4 rings (SSSR count). The quantitative estimate of drug-likeness (QED) is 0.301. The Morgan fingerprint density at radius 1 is 0.769 bits per heavy atom. The fraction of sp³-hybridized carbons (Fsp3) is 0.323. The Morgan fingerprint density at radius 2 is 1.28 bits per heavy atom. The maximum atomic E-state index is 12.5. The number of nitrogens with one attached hydrogen (secondary N) is 2. The van der Waals surface area contributed by atoms with Crippen molar-refractivity contribution in [2.75, 3.05) is 13.1 Å². The van der Waals surface area contributed by atoms with Crippen molar-refractivity contribution in [1.82, 2.24) is 10.6 Å². The number of aliphatic carboxylic acids is 1. The highest BCUT2D eigenvalue weighted by Gasteiger charge is 2.26. The molecule has 0 unspecified atom stereocenters. The van der Waals surface area contributed by atoms with E-state index in [1.165, 1.54) is 0 Å². The number of benzene rings is 3. The van der Waals surface area contributed by atoms with Crippen molar-refractivity contribution in [3.63, 3.8) is 0 Å². The van der Waals surface area contributed by atoms with Crippen molar-refractivity contribution in [2.45, 2.75) is 44.8 Å². The van der Waals surface area contributed by atoms with Gasteiger partial charge >= 0.3 is 5.97 Å². The molecule has 8 nitrogen and oxygen atoms in total. The van der Waals surface area contributed by atoms with Crippen LogP contribution in [-0.2, 0) is 4.79 Å². The third-order valence-corrected chi connectivity index (χ3v) is 6.84. The molecule has 0 aromatic heterocycles. The van der Waals surface area contributed by atoms with Gasteiger partial charge in [-0.3, -0.25) is 14.4 Å². The summed E-state index contributed by atoms with van der Waals surface area (Å²) in [6.45, 7) is 2.54. The lowest BCUT2D eigenvalue weighted by molar-refractivity contribution is -0.143. The van der Waals surface area contributed by atoms with E-state index < -0.39 is 5.97 Å². The molecular formula is C31H34N2O6. The number of rotatable bonds is 11.